The van der Waals surface area contributed by atoms with Crippen LogP contribution in [0.5, 0.6) is 0 Å². The molecule has 0 bridgehead atoms. The zero-order valence-electron chi connectivity index (χ0n) is 11.1. The molecule has 1 atom stereocenters. The maximum atomic E-state index is 11.3. The molecule has 3 nitrogen and oxygen atoms in total. The largest absolute Gasteiger partial charge is 0.383 e. The second-order valence-corrected chi connectivity index (χ2v) is 4.25. The van der Waals surface area contributed by atoms with Crippen LogP contribution in [0.15, 0.2) is 18.2 Å². The highest BCUT2D eigenvalue weighted by Crippen LogP contribution is 2.26. The molecular formula is C14H21NO2. The van der Waals surface area contributed by atoms with E-state index in [1.165, 1.54) is 5.56 Å². The molecule has 1 aromatic rings. The summed E-state index contributed by atoms with van der Waals surface area (Å²) in [5, 5.41) is 0. The van der Waals surface area contributed by atoms with Gasteiger partial charge in [0.25, 0.3) is 0 Å². The third-order valence-corrected chi connectivity index (χ3v) is 2.96. The Morgan fingerprint density at radius 2 is 2.18 bits per heavy atom. The van der Waals surface area contributed by atoms with E-state index in [1.54, 1.807) is 12.0 Å². The Balaban J connectivity index is 3.14. The molecule has 1 unspecified atom stereocenters. The van der Waals surface area contributed by atoms with Gasteiger partial charge in [0.1, 0.15) is 0 Å². The SMILES string of the molecule is CCc1cccc(C)c1N(C=O)C(C)COC. The van der Waals surface area contributed by atoms with Gasteiger partial charge in [-0.25, -0.2) is 0 Å². The second kappa shape index (κ2) is 6.40. The smallest absolute Gasteiger partial charge is 0.214 e. The highest BCUT2D eigenvalue weighted by Gasteiger charge is 2.18. The normalized spacial score (nSPS) is 12.2. The zero-order valence-corrected chi connectivity index (χ0v) is 11.1. The van der Waals surface area contributed by atoms with Crippen molar-refractivity contribution in [2.45, 2.75) is 33.2 Å². The Kier molecular flexibility index (Phi) is 5.16. The lowest BCUT2D eigenvalue weighted by atomic mass is 10.0. The van der Waals surface area contributed by atoms with Crippen LogP contribution in [-0.2, 0) is 16.0 Å². The fourth-order valence-electron chi connectivity index (χ4n) is 2.07. The molecule has 3 heteroatoms. The van der Waals surface area contributed by atoms with Crippen LogP contribution in [0.25, 0.3) is 0 Å². The number of aryl methyl sites for hydroxylation is 2. The van der Waals surface area contributed by atoms with Crippen molar-refractivity contribution in [1.29, 1.82) is 0 Å². The number of hydrogen-bond acceptors (Lipinski definition) is 2. The molecule has 94 valence electrons. The molecular weight excluding hydrogens is 214 g/mol. The molecule has 0 aromatic heterocycles. The number of amides is 1. The third-order valence-electron chi connectivity index (χ3n) is 2.96. The minimum Gasteiger partial charge on any atom is -0.383 e. The van der Waals surface area contributed by atoms with Gasteiger partial charge in [0, 0.05) is 12.8 Å². The lowest BCUT2D eigenvalue weighted by Crippen LogP contribution is -2.36. The summed E-state index contributed by atoms with van der Waals surface area (Å²) >= 11 is 0. The third kappa shape index (κ3) is 3.07. The fourth-order valence-corrected chi connectivity index (χ4v) is 2.07. The molecule has 0 spiro atoms. The molecule has 0 radical (unpaired) electrons. The Bertz CT molecular complexity index is 376. The van der Waals surface area contributed by atoms with Crippen molar-refractivity contribution >= 4 is 12.1 Å². The fraction of sp³-hybridized carbons (Fsp3) is 0.500. The van der Waals surface area contributed by atoms with Crippen molar-refractivity contribution in [1.82, 2.24) is 0 Å². The summed E-state index contributed by atoms with van der Waals surface area (Å²) in [6, 6.07) is 6.17. The van der Waals surface area contributed by atoms with Crippen LogP contribution in [-0.4, -0.2) is 26.2 Å². The molecule has 0 aliphatic heterocycles. The van der Waals surface area contributed by atoms with E-state index in [0.29, 0.717) is 6.61 Å². The predicted molar refractivity (Wildman–Crippen MR) is 70.4 cm³/mol. The molecule has 0 N–H and O–H groups in total. The molecule has 1 amide bonds. The van der Waals surface area contributed by atoms with E-state index in [1.807, 2.05) is 26.0 Å². The van der Waals surface area contributed by atoms with Gasteiger partial charge in [-0.1, -0.05) is 25.1 Å². The van der Waals surface area contributed by atoms with Crippen molar-refractivity contribution < 1.29 is 9.53 Å². The summed E-state index contributed by atoms with van der Waals surface area (Å²) in [4.78, 5) is 13.1. The monoisotopic (exact) mass is 235 g/mol. The van der Waals surface area contributed by atoms with E-state index in [2.05, 4.69) is 13.0 Å². The average Bonchev–Trinajstić information content (AvgIpc) is 2.32. The van der Waals surface area contributed by atoms with Gasteiger partial charge in [0.2, 0.25) is 6.41 Å². The standard InChI is InChI=1S/C14H21NO2/c1-5-13-8-6-7-11(2)14(13)15(10-16)12(3)9-17-4/h6-8,10,12H,5,9H2,1-4H3. The van der Waals surface area contributed by atoms with Crippen LogP contribution in [0.3, 0.4) is 0 Å². The van der Waals surface area contributed by atoms with E-state index in [4.69, 9.17) is 4.74 Å². The van der Waals surface area contributed by atoms with Gasteiger partial charge in [-0.05, 0) is 31.4 Å². The molecule has 0 aliphatic carbocycles. The predicted octanol–water partition coefficient (Wildman–Crippen LogP) is 2.56. The van der Waals surface area contributed by atoms with Crippen LogP contribution in [0.2, 0.25) is 0 Å². The number of hydrogen-bond donors (Lipinski definition) is 0. The topological polar surface area (TPSA) is 29.5 Å². The number of ether oxygens (including phenoxy) is 1. The number of carbonyl (C=O) groups is 1. The van der Waals surface area contributed by atoms with Gasteiger partial charge < -0.3 is 9.64 Å². The number of rotatable bonds is 6. The lowest BCUT2D eigenvalue weighted by Gasteiger charge is -2.28. The molecule has 0 saturated heterocycles. The maximum absolute atomic E-state index is 11.3. The average molecular weight is 235 g/mol. The van der Waals surface area contributed by atoms with Gasteiger partial charge in [-0.3, -0.25) is 4.79 Å². The molecule has 0 fully saturated rings. The number of carbonyl (C=O) groups excluding carboxylic acids is 1. The van der Waals surface area contributed by atoms with Gasteiger partial charge in [-0.2, -0.15) is 0 Å². The second-order valence-electron chi connectivity index (χ2n) is 4.25. The zero-order chi connectivity index (χ0) is 12.8. The summed E-state index contributed by atoms with van der Waals surface area (Å²) in [7, 11) is 1.65. The van der Waals surface area contributed by atoms with Crippen LogP contribution in [0.4, 0.5) is 5.69 Å². The molecule has 0 heterocycles. The Morgan fingerprint density at radius 1 is 1.47 bits per heavy atom. The van der Waals surface area contributed by atoms with E-state index >= 15 is 0 Å². The Morgan fingerprint density at radius 3 is 2.71 bits per heavy atom. The van der Waals surface area contributed by atoms with Crippen molar-refractivity contribution in [2.24, 2.45) is 0 Å². The summed E-state index contributed by atoms with van der Waals surface area (Å²) in [6.07, 6.45) is 1.81. The van der Waals surface area contributed by atoms with E-state index in [9.17, 15) is 4.79 Å². The first-order valence-corrected chi connectivity index (χ1v) is 5.96. The van der Waals surface area contributed by atoms with Crippen LogP contribution in [0.1, 0.15) is 25.0 Å². The minimum absolute atomic E-state index is 0.0453. The number of anilines is 1. The quantitative estimate of drug-likeness (QED) is 0.709. The molecule has 0 saturated carbocycles. The summed E-state index contributed by atoms with van der Waals surface area (Å²) in [5.74, 6) is 0. The molecule has 1 aromatic carbocycles. The summed E-state index contributed by atoms with van der Waals surface area (Å²) in [5.41, 5.74) is 3.34. The maximum Gasteiger partial charge on any atom is 0.214 e. The van der Waals surface area contributed by atoms with E-state index < -0.39 is 0 Å². The molecule has 17 heavy (non-hydrogen) atoms. The Hall–Kier alpha value is -1.35. The highest BCUT2D eigenvalue weighted by molar-refractivity contribution is 5.79. The Labute approximate surface area is 103 Å². The van der Waals surface area contributed by atoms with Crippen molar-refractivity contribution in [2.75, 3.05) is 18.6 Å². The number of para-hydroxylation sites is 1. The summed E-state index contributed by atoms with van der Waals surface area (Å²) < 4.78 is 5.12. The van der Waals surface area contributed by atoms with Crippen LogP contribution in [0, 0.1) is 6.92 Å². The first-order chi connectivity index (χ1) is 8.15. The van der Waals surface area contributed by atoms with Gasteiger partial charge in [0.05, 0.1) is 12.6 Å². The number of methoxy groups -OCH3 is 1. The van der Waals surface area contributed by atoms with Crippen molar-refractivity contribution in [3.05, 3.63) is 29.3 Å². The minimum atomic E-state index is 0.0453. The van der Waals surface area contributed by atoms with Crippen molar-refractivity contribution in [3.8, 4) is 0 Å². The van der Waals surface area contributed by atoms with Gasteiger partial charge in [0.15, 0.2) is 0 Å². The van der Waals surface area contributed by atoms with Gasteiger partial charge in [-0.15, -0.1) is 0 Å². The number of nitrogens with zero attached hydrogens (tertiary/aromatic N) is 1. The molecule has 1 rings (SSSR count). The van der Waals surface area contributed by atoms with Gasteiger partial charge >= 0.3 is 0 Å². The molecule has 0 aliphatic rings. The van der Waals surface area contributed by atoms with Crippen LogP contribution < -0.4 is 4.90 Å². The highest BCUT2D eigenvalue weighted by atomic mass is 16.5. The van der Waals surface area contributed by atoms with Crippen LogP contribution >= 0.6 is 0 Å². The first-order valence-electron chi connectivity index (χ1n) is 5.96. The van der Waals surface area contributed by atoms with Crippen molar-refractivity contribution in [3.63, 3.8) is 0 Å². The first kappa shape index (κ1) is 13.7. The number of benzene rings is 1. The lowest BCUT2D eigenvalue weighted by molar-refractivity contribution is -0.108. The summed E-state index contributed by atoms with van der Waals surface area (Å²) in [6.45, 7) is 6.66. The van der Waals surface area contributed by atoms with E-state index in [-0.39, 0.29) is 6.04 Å². The van der Waals surface area contributed by atoms with E-state index in [0.717, 1.165) is 24.1 Å².